The van der Waals surface area contributed by atoms with Crippen molar-refractivity contribution in [3.05, 3.63) is 84.4 Å². The molecular weight excluding hydrogens is 486 g/mol. The average molecular weight is 516 g/mol. The molecule has 0 aliphatic heterocycles. The Bertz CT molecular complexity index is 1310. The Morgan fingerprint density at radius 1 is 0.946 bits per heavy atom. The maximum atomic E-state index is 12.5. The van der Waals surface area contributed by atoms with Gasteiger partial charge >= 0.3 is 0 Å². The molecule has 0 aliphatic carbocycles. The third kappa shape index (κ3) is 7.20. The first-order valence-corrected chi connectivity index (χ1v) is 13.1. The summed E-state index contributed by atoms with van der Waals surface area (Å²) < 4.78 is 13.1. The molecule has 0 unspecified atom stereocenters. The van der Waals surface area contributed by atoms with Gasteiger partial charge in [-0.2, -0.15) is 5.10 Å². The lowest BCUT2D eigenvalue weighted by Crippen LogP contribution is -2.20. The zero-order valence-electron chi connectivity index (χ0n) is 20.8. The molecule has 37 heavy (non-hydrogen) atoms. The maximum absolute atomic E-state index is 12.5. The summed E-state index contributed by atoms with van der Waals surface area (Å²) in [5, 5.41) is 13.5. The summed E-state index contributed by atoms with van der Waals surface area (Å²) in [5.74, 6) is 2.18. The number of carbonyl (C=O) groups is 1. The molecular formula is C28H29N5O3S. The number of nitrogens with one attached hydrogen (secondary N) is 1. The van der Waals surface area contributed by atoms with Crippen molar-refractivity contribution in [3.63, 3.8) is 0 Å². The van der Waals surface area contributed by atoms with Gasteiger partial charge in [0.15, 0.2) is 11.0 Å². The minimum atomic E-state index is -0.244. The van der Waals surface area contributed by atoms with Crippen molar-refractivity contribution >= 4 is 23.9 Å². The molecule has 3 aromatic carbocycles. The lowest BCUT2D eigenvalue weighted by molar-refractivity contribution is -0.118. The Morgan fingerprint density at radius 3 is 2.35 bits per heavy atom. The van der Waals surface area contributed by atoms with Crippen molar-refractivity contribution in [2.45, 2.75) is 25.4 Å². The highest BCUT2D eigenvalue weighted by Gasteiger charge is 2.17. The van der Waals surface area contributed by atoms with Crippen LogP contribution < -0.4 is 14.9 Å². The first-order chi connectivity index (χ1) is 18.2. The summed E-state index contributed by atoms with van der Waals surface area (Å²) in [6, 6.07) is 25.1. The van der Waals surface area contributed by atoms with E-state index in [1.807, 2.05) is 90.4 Å². The topological polar surface area (TPSA) is 90.6 Å². The molecule has 0 radical (unpaired) electrons. The highest BCUT2D eigenvalue weighted by Crippen LogP contribution is 2.28. The smallest absolute Gasteiger partial charge is 0.250 e. The number of thioether (sulfide) groups is 1. The second-order valence-electron chi connectivity index (χ2n) is 7.93. The lowest BCUT2D eigenvalue weighted by Gasteiger charge is -2.11. The van der Waals surface area contributed by atoms with Crippen molar-refractivity contribution in [3.8, 4) is 28.6 Å². The molecule has 0 saturated carbocycles. The van der Waals surface area contributed by atoms with Crippen molar-refractivity contribution in [1.82, 2.24) is 20.2 Å². The third-order valence-corrected chi connectivity index (χ3v) is 6.09. The Labute approximate surface area is 220 Å². The standard InChI is InChI=1S/C28H29N5O3S/c1-3-18-36-25-14-10-21(11-15-25)19-29-30-26(34)20-37-28-32-31-27(22-8-6-5-7-9-22)33(28)23-12-16-24(17-13-23)35-4-2/h5-17,19H,3-4,18,20H2,1-2H3,(H,30,34). The van der Waals surface area contributed by atoms with Crippen LogP contribution in [-0.2, 0) is 4.79 Å². The van der Waals surface area contributed by atoms with Crippen LogP contribution in [0.25, 0.3) is 17.1 Å². The minimum absolute atomic E-state index is 0.130. The monoisotopic (exact) mass is 515 g/mol. The number of carbonyl (C=O) groups excluding carboxylic acids is 1. The van der Waals surface area contributed by atoms with Gasteiger partial charge in [-0.1, -0.05) is 49.0 Å². The molecule has 1 N–H and O–H groups in total. The van der Waals surface area contributed by atoms with Crippen LogP contribution in [-0.4, -0.2) is 45.9 Å². The zero-order valence-corrected chi connectivity index (χ0v) is 21.6. The van der Waals surface area contributed by atoms with E-state index in [1.165, 1.54) is 11.8 Å². The summed E-state index contributed by atoms with van der Waals surface area (Å²) in [6.07, 6.45) is 2.55. The molecule has 0 saturated heterocycles. The number of hydrogen-bond acceptors (Lipinski definition) is 7. The average Bonchev–Trinajstić information content (AvgIpc) is 3.36. The van der Waals surface area contributed by atoms with Crippen LogP contribution >= 0.6 is 11.8 Å². The number of benzene rings is 3. The molecule has 9 heteroatoms. The van der Waals surface area contributed by atoms with Crippen LogP contribution in [0.3, 0.4) is 0 Å². The van der Waals surface area contributed by atoms with Crippen molar-refractivity contribution in [1.29, 1.82) is 0 Å². The van der Waals surface area contributed by atoms with Gasteiger partial charge in [0.05, 0.1) is 25.2 Å². The van der Waals surface area contributed by atoms with Crippen LogP contribution in [0.1, 0.15) is 25.8 Å². The third-order valence-electron chi connectivity index (χ3n) is 5.16. The van der Waals surface area contributed by atoms with Gasteiger partial charge in [-0.3, -0.25) is 9.36 Å². The number of aromatic nitrogens is 3. The van der Waals surface area contributed by atoms with E-state index >= 15 is 0 Å². The van der Waals surface area contributed by atoms with Gasteiger partial charge in [0.25, 0.3) is 5.91 Å². The molecule has 0 aliphatic rings. The molecule has 0 spiro atoms. The van der Waals surface area contributed by atoms with Crippen LogP contribution in [0.15, 0.2) is 89.1 Å². The normalized spacial score (nSPS) is 11.0. The maximum Gasteiger partial charge on any atom is 0.250 e. The molecule has 0 atom stereocenters. The SMILES string of the molecule is CCCOc1ccc(C=NNC(=O)CSc2nnc(-c3ccccc3)n2-c2ccc(OCC)cc2)cc1. The molecule has 0 fully saturated rings. The fraction of sp³-hybridized carbons (Fsp3) is 0.214. The fourth-order valence-electron chi connectivity index (χ4n) is 3.44. The van der Waals surface area contributed by atoms with Gasteiger partial charge in [0.1, 0.15) is 11.5 Å². The van der Waals surface area contributed by atoms with E-state index in [4.69, 9.17) is 9.47 Å². The number of hydrogen-bond donors (Lipinski definition) is 1. The summed E-state index contributed by atoms with van der Waals surface area (Å²) in [7, 11) is 0. The predicted molar refractivity (Wildman–Crippen MR) is 147 cm³/mol. The van der Waals surface area contributed by atoms with Gasteiger partial charge in [0.2, 0.25) is 0 Å². The number of hydrazone groups is 1. The largest absolute Gasteiger partial charge is 0.494 e. The van der Waals surface area contributed by atoms with Crippen molar-refractivity contribution < 1.29 is 14.3 Å². The van der Waals surface area contributed by atoms with Crippen molar-refractivity contribution in [2.24, 2.45) is 5.10 Å². The summed E-state index contributed by atoms with van der Waals surface area (Å²) in [4.78, 5) is 12.5. The second kappa shape index (κ2) is 13.3. The summed E-state index contributed by atoms with van der Waals surface area (Å²) in [6.45, 7) is 5.29. The highest BCUT2D eigenvalue weighted by molar-refractivity contribution is 7.99. The van der Waals surface area contributed by atoms with Crippen LogP contribution in [0.5, 0.6) is 11.5 Å². The van der Waals surface area contributed by atoms with Gasteiger partial charge in [-0.15, -0.1) is 10.2 Å². The number of nitrogens with zero attached hydrogens (tertiary/aromatic N) is 4. The zero-order chi connectivity index (χ0) is 25.9. The first kappa shape index (κ1) is 26.0. The Kier molecular flexibility index (Phi) is 9.31. The highest BCUT2D eigenvalue weighted by atomic mass is 32.2. The molecule has 4 rings (SSSR count). The van der Waals surface area contributed by atoms with E-state index in [9.17, 15) is 4.79 Å². The second-order valence-corrected chi connectivity index (χ2v) is 8.88. The lowest BCUT2D eigenvalue weighted by atomic mass is 10.2. The quantitative estimate of drug-likeness (QED) is 0.155. The molecule has 1 amide bonds. The predicted octanol–water partition coefficient (Wildman–Crippen LogP) is 5.36. The van der Waals surface area contributed by atoms with Crippen LogP contribution in [0, 0.1) is 0 Å². The van der Waals surface area contributed by atoms with E-state index in [-0.39, 0.29) is 11.7 Å². The van der Waals surface area contributed by atoms with E-state index in [1.54, 1.807) is 6.21 Å². The Morgan fingerprint density at radius 2 is 1.65 bits per heavy atom. The van der Waals surface area contributed by atoms with Gasteiger partial charge in [-0.05, 0) is 67.4 Å². The van der Waals surface area contributed by atoms with E-state index in [0.717, 1.165) is 34.7 Å². The Hall–Kier alpha value is -4.11. The molecule has 1 heterocycles. The van der Waals surface area contributed by atoms with E-state index in [0.29, 0.717) is 24.2 Å². The first-order valence-electron chi connectivity index (χ1n) is 12.1. The molecule has 8 nitrogen and oxygen atoms in total. The van der Waals surface area contributed by atoms with E-state index < -0.39 is 0 Å². The van der Waals surface area contributed by atoms with Crippen molar-refractivity contribution in [2.75, 3.05) is 19.0 Å². The Balaban J connectivity index is 1.43. The number of rotatable bonds is 12. The van der Waals surface area contributed by atoms with E-state index in [2.05, 4.69) is 27.6 Å². The minimum Gasteiger partial charge on any atom is -0.494 e. The molecule has 4 aromatic rings. The molecule has 1 aromatic heterocycles. The number of amides is 1. The van der Waals surface area contributed by atoms with Gasteiger partial charge in [-0.25, -0.2) is 5.43 Å². The molecule has 0 bridgehead atoms. The van der Waals surface area contributed by atoms with Crippen LogP contribution in [0.4, 0.5) is 0 Å². The van der Waals surface area contributed by atoms with Gasteiger partial charge in [0, 0.05) is 11.3 Å². The number of ether oxygens (including phenoxy) is 2. The fourth-order valence-corrected chi connectivity index (χ4v) is 4.18. The summed E-state index contributed by atoms with van der Waals surface area (Å²) >= 11 is 1.29. The van der Waals surface area contributed by atoms with Crippen LogP contribution in [0.2, 0.25) is 0 Å². The molecule has 190 valence electrons. The van der Waals surface area contributed by atoms with Gasteiger partial charge < -0.3 is 9.47 Å². The summed E-state index contributed by atoms with van der Waals surface area (Å²) in [5.41, 5.74) is 5.24.